The first-order chi connectivity index (χ1) is 6.99. The van der Waals surface area contributed by atoms with Crippen molar-refractivity contribution >= 4 is 22.5 Å². The highest BCUT2D eigenvalue weighted by molar-refractivity contribution is 6.67. The van der Waals surface area contributed by atoms with Crippen LogP contribution in [-0.4, -0.2) is 17.3 Å². The highest BCUT2D eigenvalue weighted by Crippen LogP contribution is 2.34. The van der Waals surface area contributed by atoms with Crippen LogP contribution in [0.4, 0.5) is 14.5 Å². The first-order valence-corrected chi connectivity index (χ1v) is 4.17. The van der Waals surface area contributed by atoms with Crippen molar-refractivity contribution in [2.24, 2.45) is 0 Å². The summed E-state index contributed by atoms with van der Waals surface area (Å²) in [4.78, 5) is 14.3. The van der Waals surface area contributed by atoms with Gasteiger partial charge in [0.25, 0.3) is 11.7 Å². The number of nitrogens with zero attached hydrogens (tertiary/aromatic N) is 1. The number of pyridine rings is 1. The van der Waals surface area contributed by atoms with Gasteiger partial charge in [0.05, 0.1) is 18.4 Å². The molecule has 0 saturated carbocycles. The monoisotopic (exact) mass is 236 g/mol. The van der Waals surface area contributed by atoms with E-state index in [-0.39, 0.29) is 17.1 Å². The smallest absolute Gasteiger partial charge is 0.274 e. The number of halogens is 3. The zero-order valence-corrected chi connectivity index (χ0v) is 8.39. The molecule has 15 heavy (non-hydrogen) atoms. The van der Waals surface area contributed by atoms with Gasteiger partial charge in [-0.2, -0.15) is 0 Å². The molecule has 2 N–H and O–H groups in total. The molecule has 0 saturated heterocycles. The van der Waals surface area contributed by atoms with Gasteiger partial charge >= 0.3 is 0 Å². The van der Waals surface area contributed by atoms with Crippen molar-refractivity contribution < 1.29 is 18.3 Å². The summed E-state index contributed by atoms with van der Waals surface area (Å²) in [5.74, 6) is -0.229. The van der Waals surface area contributed by atoms with Crippen LogP contribution in [0.1, 0.15) is 22.5 Å². The molecule has 0 aliphatic heterocycles. The van der Waals surface area contributed by atoms with Crippen LogP contribution >= 0.6 is 11.6 Å². The number of nitrogens with two attached hydrogens (primary N) is 1. The van der Waals surface area contributed by atoms with E-state index < -0.39 is 17.2 Å². The van der Waals surface area contributed by atoms with Gasteiger partial charge in [-0.15, -0.1) is 0 Å². The van der Waals surface area contributed by atoms with Crippen LogP contribution in [0.2, 0.25) is 0 Å². The molecule has 0 fully saturated rings. The number of methoxy groups -OCH3 is 1. The van der Waals surface area contributed by atoms with Crippen LogP contribution < -0.4 is 10.5 Å². The number of aromatic nitrogens is 1. The van der Waals surface area contributed by atoms with Crippen LogP contribution in [0.15, 0.2) is 6.20 Å². The van der Waals surface area contributed by atoms with Gasteiger partial charge in [-0.3, -0.25) is 4.79 Å². The number of alkyl halides is 2. The molecule has 0 aromatic carbocycles. The normalized spacial score (nSPS) is 10.5. The molecule has 1 rings (SSSR count). The number of anilines is 1. The largest absolute Gasteiger partial charge is 0.492 e. The van der Waals surface area contributed by atoms with E-state index in [1.165, 1.54) is 7.11 Å². The molecule has 1 heterocycles. The number of rotatable bonds is 3. The van der Waals surface area contributed by atoms with E-state index >= 15 is 0 Å². The van der Waals surface area contributed by atoms with Crippen LogP contribution in [-0.2, 0) is 0 Å². The molecule has 4 nitrogen and oxygen atoms in total. The summed E-state index contributed by atoms with van der Waals surface area (Å²) in [5.41, 5.74) is 4.28. The van der Waals surface area contributed by atoms with E-state index in [4.69, 9.17) is 22.1 Å². The lowest BCUT2D eigenvalue weighted by Crippen LogP contribution is -2.06. The number of ether oxygens (including phenoxy) is 1. The lowest BCUT2D eigenvalue weighted by Gasteiger charge is -2.10. The Kier molecular flexibility index (Phi) is 3.41. The topological polar surface area (TPSA) is 65.2 Å². The lowest BCUT2D eigenvalue weighted by molar-refractivity contribution is 0.107. The molecule has 0 unspecified atom stereocenters. The maximum atomic E-state index is 12.4. The van der Waals surface area contributed by atoms with Crippen molar-refractivity contribution in [2.45, 2.75) is 6.43 Å². The molecular formula is C8H7ClF2N2O2. The molecule has 0 aliphatic carbocycles. The van der Waals surface area contributed by atoms with Gasteiger partial charge < -0.3 is 10.5 Å². The van der Waals surface area contributed by atoms with Gasteiger partial charge in [-0.25, -0.2) is 13.8 Å². The van der Waals surface area contributed by atoms with Crippen LogP contribution in [0.5, 0.6) is 5.75 Å². The van der Waals surface area contributed by atoms with Crippen LogP contribution in [0.25, 0.3) is 0 Å². The van der Waals surface area contributed by atoms with Crippen molar-refractivity contribution in [1.82, 2.24) is 4.98 Å². The fourth-order valence-electron chi connectivity index (χ4n) is 1.04. The van der Waals surface area contributed by atoms with Crippen molar-refractivity contribution in [3.8, 4) is 5.75 Å². The average Bonchev–Trinajstić information content (AvgIpc) is 2.16. The highest BCUT2D eigenvalue weighted by Gasteiger charge is 2.21. The summed E-state index contributed by atoms with van der Waals surface area (Å²) >= 11 is 5.17. The molecular weight excluding hydrogens is 230 g/mol. The Morgan fingerprint density at radius 2 is 2.27 bits per heavy atom. The van der Waals surface area contributed by atoms with Crippen molar-refractivity contribution in [3.05, 3.63) is 17.5 Å². The molecule has 0 bridgehead atoms. The van der Waals surface area contributed by atoms with Gasteiger partial charge in [-0.05, 0) is 11.6 Å². The van der Waals surface area contributed by atoms with E-state index in [2.05, 4.69) is 4.98 Å². The minimum absolute atomic E-state index is 0.229. The van der Waals surface area contributed by atoms with Crippen molar-refractivity contribution in [1.29, 1.82) is 0 Å². The minimum atomic E-state index is -2.79. The van der Waals surface area contributed by atoms with E-state index in [0.717, 1.165) is 6.20 Å². The zero-order valence-electron chi connectivity index (χ0n) is 7.63. The quantitative estimate of drug-likeness (QED) is 0.815. The predicted octanol–water partition coefficient (Wildman–Crippen LogP) is 1.99. The number of nitrogen functional groups attached to an aromatic ring is 1. The second-order valence-corrected chi connectivity index (χ2v) is 2.93. The third kappa shape index (κ3) is 2.15. The minimum Gasteiger partial charge on any atom is -0.492 e. The molecule has 0 atom stereocenters. The Hall–Kier alpha value is -1.43. The van der Waals surface area contributed by atoms with Crippen LogP contribution in [0.3, 0.4) is 0 Å². The van der Waals surface area contributed by atoms with E-state index in [1.54, 1.807) is 0 Å². The fraction of sp³-hybridized carbons (Fsp3) is 0.250. The molecule has 82 valence electrons. The highest BCUT2D eigenvalue weighted by atomic mass is 35.5. The second kappa shape index (κ2) is 4.39. The van der Waals surface area contributed by atoms with Gasteiger partial charge in [0.2, 0.25) is 0 Å². The third-order valence-electron chi connectivity index (χ3n) is 1.73. The molecule has 0 amide bonds. The standard InChI is InChI=1S/C8H7ClF2N2O2/c1-15-6-4(12)3(8(10)11)2-13-5(6)7(9)14/h2,8H,1H3,(H2,12,13). The zero-order chi connectivity index (χ0) is 11.6. The molecule has 0 aliphatic rings. The Labute approximate surface area is 89.0 Å². The van der Waals surface area contributed by atoms with Crippen molar-refractivity contribution in [2.75, 3.05) is 12.8 Å². The maximum Gasteiger partial charge on any atom is 0.274 e. The molecule has 0 radical (unpaired) electrons. The summed E-state index contributed by atoms with van der Waals surface area (Å²) in [6.07, 6.45) is -1.98. The first kappa shape index (κ1) is 11.6. The summed E-state index contributed by atoms with van der Waals surface area (Å²) in [6, 6.07) is 0. The Morgan fingerprint density at radius 1 is 1.67 bits per heavy atom. The van der Waals surface area contributed by atoms with Crippen molar-refractivity contribution in [3.63, 3.8) is 0 Å². The number of hydrogen-bond acceptors (Lipinski definition) is 4. The van der Waals surface area contributed by atoms with Gasteiger partial charge in [0.15, 0.2) is 11.4 Å². The summed E-state index contributed by atoms with van der Waals surface area (Å²) in [6.45, 7) is 0. The lowest BCUT2D eigenvalue weighted by atomic mass is 10.2. The fourth-order valence-corrected chi connectivity index (χ4v) is 1.18. The van der Waals surface area contributed by atoms with Gasteiger partial charge in [-0.1, -0.05) is 0 Å². The van der Waals surface area contributed by atoms with E-state index in [1.807, 2.05) is 0 Å². The number of carbonyl (C=O) groups is 1. The Bertz CT molecular complexity index is 398. The average molecular weight is 237 g/mol. The third-order valence-corrected chi connectivity index (χ3v) is 1.91. The summed E-state index contributed by atoms with van der Waals surface area (Å²) < 4.78 is 29.5. The Balaban J connectivity index is 3.39. The second-order valence-electron chi connectivity index (χ2n) is 2.58. The van der Waals surface area contributed by atoms with Gasteiger partial charge in [0, 0.05) is 6.20 Å². The SMILES string of the molecule is COc1c(C(=O)Cl)ncc(C(F)F)c1N. The molecule has 1 aromatic rings. The summed E-state index contributed by atoms with van der Waals surface area (Å²) in [5, 5.41) is -0.917. The first-order valence-electron chi connectivity index (χ1n) is 3.79. The molecule has 7 heteroatoms. The molecule has 0 spiro atoms. The number of carbonyl (C=O) groups excluding carboxylic acids is 1. The van der Waals surface area contributed by atoms with Gasteiger partial charge in [0.1, 0.15) is 0 Å². The number of hydrogen-bond donors (Lipinski definition) is 1. The molecule has 1 aromatic heterocycles. The maximum absolute atomic E-state index is 12.4. The van der Waals surface area contributed by atoms with E-state index in [9.17, 15) is 13.6 Å². The summed E-state index contributed by atoms with van der Waals surface area (Å²) in [7, 11) is 1.19. The Morgan fingerprint density at radius 3 is 2.67 bits per heavy atom. The van der Waals surface area contributed by atoms with E-state index in [0.29, 0.717) is 0 Å². The van der Waals surface area contributed by atoms with Crippen LogP contribution in [0, 0.1) is 0 Å². The predicted molar refractivity (Wildman–Crippen MR) is 50.3 cm³/mol.